The topological polar surface area (TPSA) is 73.2 Å². The molecule has 0 radical (unpaired) electrons. The molecule has 1 fully saturated rings. The number of hydrogen-bond donors (Lipinski definition) is 1. The Kier molecular flexibility index (Phi) is 7.29. The Morgan fingerprint density at radius 3 is 2.36 bits per heavy atom. The summed E-state index contributed by atoms with van der Waals surface area (Å²) in [6.45, 7) is 5.19. The van der Waals surface area contributed by atoms with Crippen LogP contribution in [0.15, 0.2) is 69.9 Å². The number of alkyl carbamates (subject to hydrolysis) is 1. The van der Waals surface area contributed by atoms with Gasteiger partial charge in [-0.25, -0.2) is 18.6 Å². The van der Waals surface area contributed by atoms with Gasteiger partial charge < -0.3 is 10.1 Å². The average Bonchev–Trinajstić information content (AvgIpc) is 3.67. The van der Waals surface area contributed by atoms with E-state index in [0.29, 0.717) is 22.5 Å². The molecule has 9 heteroatoms. The summed E-state index contributed by atoms with van der Waals surface area (Å²) in [5.41, 5.74) is 1.34. The first-order chi connectivity index (χ1) is 18.5. The Hall–Kier alpha value is -3.59. The van der Waals surface area contributed by atoms with Crippen LogP contribution in [0.2, 0.25) is 0 Å². The molecule has 1 heterocycles. The van der Waals surface area contributed by atoms with E-state index in [2.05, 4.69) is 21.2 Å². The standard InChI is InChI=1S/C30H28BrF2N3O3/c1-30(2,3)39-29(38)35-26(14-17-12-21(32)16-22(33)13-17)27-34-25-15-20(31)8-11-24(25)28(37)36(27)23-9-6-19(7-10-23)18-4-5-18/h6-13,15-16,18,26H,4-5,14H2,1-3H3,(H,35,38)/t26-/m0/s1. The van der Waals surface area contributed by atoms with Crippen molar-refractivity contribution in [3.8, 4) is 5.69 Å². The van der Waals surface area contributed by atoms with E-state index in [4.69, 9.17) is 9.72 Å². The van der Waals surface area contributed by atoms with Crippen molar-refractivity contribution in [3.63, 3.8) is 0 Å². The summed E-state index contributed by atoms with van der Waals surface area (Å²) in [5, 5.41) is 3.18. The second-order valence-electron chi connectivity index (χ2n) is 10.8. The molecule has 0 bridgehead atoms. The Morgan fingerprint density at radius 2 is 1.74 bits per heavy atom. The van der Waals surface area contributed by atoms with Crippen molar-refractivity contribution in [2.45, 2.75) is 57.6 Å². The van der Waals surface area contributed by atoms with Crippen LogP contribution in [0.1, 0.15) is 62.5 Å². The Labute approximate surface area is 233 Å². The molecule has 3 aromatic carbocycles. The molecule has 1 aliphatic carbocycles. The maximum Gasteiger partial charge on any atom is 0.408 e. The third-order valence-corrected chi connectivity index (χ3v) is 6.92. The lowest BCUT2D eigenvalue weighted by Crippen LogP contribution is -2.38. The van der Waals surface area contributed by atoms with Crippen LogP contribution in [0.4, 0.5) is 13.6 Å². The fraction of sp³-hybridized carbons (Fsp3) is 0.300. The van der Waals surface area contributed by atoms with Gasteiger partial charge in [-0.1, -0.05) is 28.1 Å². The first-order valence-electron chi connectivity index (χ1n) is 12.7. The van der Waals surface area contributed by atoms with Crippen molar-refractivity contribution >= 4 is 32.9 Å². The van der Waals surface area contributed by atoms with Crippen LogP contribution in [-0.2, 0) is 11.2 Å². The molecule has 0 saturated heterocycles. The molecule has 5 rings (SSSR count). The molecule has 39 heavy (non-hydrogen) atoms. The molecule has 1 aliphatic rings. The maximum atomic E-state index is 14.1. The van der Waals surface area contributed by atoms with Gasteiger partial charge in [-0.3, -0.25) is 9.36 Å². The number of nitrogens with one attached hydrogen (secondary N) is 1. The number of fused-ring (bicyclic) bond motifs is 1. The number of halogens is 3. The van der Waals surface area contributed by atoms with Gasteiger partial charge in [-0.05, 0) is 93.1 Å². The van der Waals surface area contributed by atoms with E-state index in [1.807, 2.05) is 24.3 Å². The highest BCUT2D eigenvalue weighted by atomic mass is 79.9. The predicted octanol–water partition coefficient (Wildman–Crippen LogP) is 7.11. The summed E-state index contributed by atoms with van der Waals surface area (Å²) in [6.07, 6.45) is 1.50. The summed E-state index contributed by atoms with van der Waals surface area (Å²) < 4.78 is 35.9. The maximum absolute atomic E-state index is 14.1. The molecule has 4 aromatic rings. The largest absolute Gasteiger partial charge is 0.444 e. The normalized spacial score (nSPS) is 14.3. The zero-order chi connectivity index (χ0) is 27.9. The van der Waals surface area contributed by atoms with Gasteiger partial charge >= 0.3 is 6.09 Å². The molecule has 1 amide bonds. The van der Waals surface area contributed by atoms with E-state index in [1.54, 1.807) is 39.0 Å². The van der Waals surface area contributed by atoms with Crippen molar-refractivity contribution in [1.82, 2.24) is 14.9 Å². The van der Waals surface area contributed by atoms with Gasteiger partial charge in [0.15, 0.2) is 0 Å². The molecule has 1 atom stereocenters. The van der Waals surface area contributed by atoms with Crippen molar-refractivity contribution in [2.24, 2.45) is 0 Å². The van der Waals surface area contributed by atoms with E-state index in [1.165, 1.54) is 22.3 Å². The van der Waals surface area contributed by atoms with Gasteiger partial charge in [0.05, 0.1) is 22.6 Å². The number of aromatic nitrogens is 2. The van der Waals surface area contributed by atoms with Gasteiger partial charge in [-0.2, -0.15) is 0 Å². The van der Waals surface area contributed by atoms with Gasteiger partial charge in [0.1, 0.15) is 23.1 Å². The SMILES string of the molecule is CC(C)(C)OC(=O)N[C@@H](Cc1cc(F)cc(F)c1)c1nc2cc(Br)ccc2c(=O)n1-c1ccc(C2CC2)cc1. The van der Waals surface area contributed by atoms with Crippen molar-refractivity contribution in [3.05, 3.63) is 104 Å². The minimum absolute atomic E-state index is 0.0416. The second kappa shape index (κ2) is 10.5. The molecule has 0 aliphatic heterocycles. The smallest absolute Gasteiger partial charge is 0.408 e. The number of carbonyl (C=O) groups excluding carboxylic acids is 1. The molecule has 1 aromatic heterocycles. The highest BCUT2D eigenvalue weighted by molar-refractivity contribution is 9.10. The summed E-state index contributed by atoms with van der Waals surface area (Å²) in [5.74, 6) is -0.749. The number of ether oxygens (including phenoxy) is 1. The van der Waals surface area contributed by atoms with Crippen LogP contribution in [0.5, 0.6) is 0 Å². The number of carbonyl (C=O) groups is 1. The molecule has 1 saturated carbocycles. The quantitative estimate of drug-likeness (QED) is 0.258. The van der Waals surface area contributed by atoms with Crippen LogP contribution in [0.25, 0.3) is 16.6 Å². The Balaban J connectivity index is 1.69. The van der Waals surface area contributed by atoms with Gasteiger partial charge in [0.25, 0.3) is 5.56 Å². The minimum Gasteiger partial charge on any atom is -0.444 e. The van der Waals surface area contributed by atoms with Gasteiger partial charge in [0, 0.05) is 17.0 Å². The highest BCUT2D eigenvalue weighted by Gasteiger charge is 2.27. The number of rotatable bonds is 6. The average molecular weight is 596 g/mol. The third-order valence-electron chi connectivity index (χ3n) is 6.42. The van der Waals surface area contributed by atoms with Crippen molar-refractivity contribution < 1.29 is 18.3 Å². The third kappa shape index (κ3) is 6.36. The summed E-state index contributed by atoms with van der Waals surface area (Å²) >= 11 is 3.43. The molecule has 1 N–H and O–H groups in total. The van der Waals surface area contributed by atoms with E-state index < -0.39 is 29.4 Å². The molecular formula is C30H28BrF2N3O3. The van der Waals surface area contributed by atoms with Crippen LogP contribution >= 0.6 is 15.9 Å². The fourth-order valence-corrected chi connectivity index (χ4v) is 4.94. The van der Waals surface area contributed by atoms with Gasteiger partial charge in [-0.15, -0.1) is 0 Å². The van der Waals surface area contributed by atoms with E-state index >= 15 is 0 Å². The monoisotopic (exact) mass is 595 g/mol. The van der Waals surface area contributed by atoms with E-state index in [-0.39, 0.29) is 23.4 Å². The molecular weight excluding hydrogens is 568 g/mol. The zero-order valence-electron chi connectivity index (χ0n) is 21.8. The van der Waals surface area contributed by atoms with Crippen LogP contribution in [-0.4, -0.2) is 21.2 Å². The van der Waals surface area contributed by atoms with E-state index in [0.717, 1.165) is 23.4 Å². The summed E-state index contributed by atoms with van der Waals surface area (Å²) in [4.78, 5) is 31.7. The molecule has 0 unspecified atom stereocenters. The van der Waals surface area contributed by atoms with Crippen LogP contribution in [0.3, 0.4) is 0 Å². The Bertz CT molecular complexity index is 1590. The lowest BCUT2D eigenvalue weighted by molar-refractivity contribution is 0.0500. The van der Waals surface area contributed by atoms with E-state index in [9.17, 15) is 18.4 Å². The first kappa shape index (κ1) is 27.0. The zero-order valence-corrected chi connectivity index (χ0v) is 23.4. The number of amides is 1. The van der Waals surface area contributed by atoms with Crippen LogP contribution in [0, 0.1) is 11.6 Å². The first-order valence-corrected chi connectivity index (χ1v) is 13.5. The lowest BCUT2D eigenvalue weighted by atomic mass is 10.0. The summed E-state index contributed by atoms with van der Waals surface area (Å²) in [6, 6.07) is 15.1. The number of nitrogens with zero attached hydrogens (tertiary/aromatic N) is 2. The number of benzene rings is 3. The van der Waals surface area contributed by atoms with Crippen molar-refractivity contribution in [2.75, 3.05) is 0 Å². The minimum atomic E-state index is -0.958. The fourth-order valence-electron chi connectivity index (χ4n) is 4.59. The Morgan fingerprint density at radius 1 is 1.08 bits per heavy atom. The molecule has 0 spiro atoms. The highest BCUT2D eigenvalue weighted by Crippen LogP contribution is 2.40. The van der Waals surface area contributed by atoms with Gasteiger partial charge in [0.2, 0.25) is 0 Å². The predicted molar refractivity (Wildman–Crippen MR) is 149 cm³/mol. The lowest BCUT2D eigenvalue weighted by Gasteiger charge is -2.25. The molecule has 6 nitrogen and oxygen atoms in total. The summed E-state index contributed by atoms with van der Waals surface area (Å²) in [7, 11) is 0. The number of hydrogen-bond acceptors (Lipinski definition) is 4. The molecule has 202 valence electrons. The van der Waals surface area contributed by atoms with Crippen molar-refractivity contribution in [1.29, 1.82) is 0 Å². The second-order valence-corrected chi connectivity index (χ2v) is 11.7. The van der Waals surface area contributed by atoms with Crippen LogP contribution < -0.4 is 10.9 Å².